The van der Waals surface area contributed by atoms with E-state index >= 15 is 0 Å². The van der Waals surface area contributed by atoms with Gasteiger partial charge in [0.05, 0.1) is 0 Å². The highest BCUT2D eigenvalue weighted by molar-refractivity contribution is 5.95. The number of carbonyl (C=O) groups excluding carboxylic acids is 2. The van der Waals surface area contributed by atoms with E-state index in [0.717, 1.165) is 11.3 Å². The van der Waals surface area contributed by atoms with Crippen molar-refractivity contribution in [1.82, 2.24) is 14.9 Å². The van der Waals surface area contributed by atoms with E-state index < -0.39 is 0 Å². The fraction of sp³-hybridized carbons (Fsp3) is 0.217. The fourth-order valence-corrected chi connectivity index (χ4v) is 2.97. The van der Waals surface area contributed by atoms with Gasteiger partial charge in [-0.15, -0.1) is 0 Å². The molecular weight excluding hydrogens is 364 g/mol. The van der Waals surface area contributed by atoms with Crippen LogP contribution < -0.4 is 5.32 Å². The molecule has 0 aliphatic carbocycles. The third-order valence-electron chi connectivity index (χ3n) is 4.57. The number of hydrogen-bond donors (Lipinski definition) is 1. The van der Waals surface area contributed by atoms with E-state index in [0.29, 0.717) is 36.0 Å². The summed E-state index contributed by atoms with van der Waals surface area (Å²) in [4.78, 5) is 35.4. The van der Waals surface area contributed by atoms with Gasteiger partial charge >= 0.3 is 0 Å². The van der Waals surface area contributed by atoms with Gasteiger partial charge < -0.3 is 10.2 Å². The maximum atomic E-state index is 12.9. The number of Topliss-reactive ketones (excluding diaryl/α,β-unsaturated/α-hetero) is 1. The molecule has 0 fully saturated rings. The minimum atomic E-state index is -0.143. The van der Waals surface area contributed by atoms with E-state index in [4.69, 9.17) is 0 Å². The van der Waals surface area contributed by atoms with Crippen molar-refractivity contribution in [2.45, 2.75) is 20.8 Å². The zero-order valence-corrected chi connectivity index (χ0v) is 16.8. The molecule has 2 aromatic carbocycles. The maximum Gasteiger partial charge on any atom is 0.272 e. The Bertz CT molecular complexity index is 1010. The number of rotatable bonds is 7. The van der Waals surface area contributed by atoms with E-state index in [9.17, 15) is 9.59 Å². The second kappa shape index (κ2) is 9.10. The van der Waals surface area contributed by atoms with E-state index in [1.807, 2.05) is 50.2 Å². The average Bonchev–Trinajstić information content (AvgIpc) is 2.75. The Balaban J connectivity index is 2.04. The van der Waals surface area contributed by atoms with Gasteiger partial charge in [0.15, 0.2) is 11.6 Å². The van der Waals surface area contributed by atoms with Crippen molar-refractivity contribution >= 4 is 23.2 Å². The van der Waals surface area contributed by atoms with Crippen LogP contribution in [-0.4, -0.2) is 39.6 Å². The summed E-state index contributed by atoms with van der Waals surface area (Å²) in [5.74, 6) is 0.803. The number of hydrogen-bond acceptors (Lipinski definition) is 5. The number of benzene rings is 2. The van der Waals surface area contributed by atoms with Gasteiger partial charge in [-0.1, -0.05) is 42.5 Å². The number of amides is 1. The molecule has 148 valence electrons. The van der Waals surface area contributed by atoms with Crippen LogP contribution in [0, 0.1) is 0 Å². The molecule has 0 bridgehead atoms. The lowest BCUT2D eigenvalue weighted by Gasteiger charge is -2.19. The number of carbonyl (C=O) groups is 2. The van der Waals surface area contributed by atoms with Crippen molar-refractivity contribution in [1.29, 1.82) is 0 Å². The number of ketones is 1. The maximum absolute atomic E-state index is 12.9. The van der Waals surface area contributed by atoms with Gasteiger partial charge in [0.1, 0.15) is 11.5 Å². The van der Waals surface area contributed by atoms with Crippen LogP contribution in [0.25, 0.3) is 11.4 Å². The topological polar surface area (TPSA) is 75.2 Å². The van der Waals surface area contributed by atoms with Crippen molar-refractivity contribution in [2.24, 2.45) is 0 Å². The Morgan fingerprint density at radius 1 is 0.931 bits per heavy atom. The third kappa shape index (κ3) is 4.85. The highest BCUT2D eigenvalue weighted by atomic mass is 16.2. The largest absolute Gasteiger partial charge is 0.340 e. The second-order valence-electron chi connectivity index (χ2n) is 6.57. The molecular formula is C23H24N4O2. The third-order valence-corrected chi connectivity index (χ3v) is 4.57. The molecule has 6 nitrogen and oxygen atoms in total. The molecule has 3 rings (SSSR count). The molecule has 0 aliphatic heterocycles. The second-order valence-corrected chi connectivity index (χ2v) is 6.57. The van der Waals surface area contributed by atoms with Gasteiger partial charge in [-0.2, -0.15) is 0 Å². The van der Waals surface area contributed by atoms with Gasteiger partial charge in [0.2, 0.25) is 0 Å². The lowest BCUT2D eigenvalue weighted by molar-refractivity contribution is 0.0767. The summed E-state index contributed by atoms with van der Waals surface area (Å²) in [6, 6.07) is 18.4. The van der Waals surface area contributed by atoms with Crippen LogP contribution in [0.3, 0.4) is 0 Å². The smallest absolute Gasteiger partial charge is 0.272 e. The molecule has 0 saturated carbocycles. The van der Waals surface area contributed by atoms with Gasteiger partial charge in [-0.25, -0.2) is 9.97 Å². The number of aromatic nitrogens is 2. The first-order valence-electron chi connectivity index (χ1n) is 9.63. The Hall–Kier alpha value is -3.54. The molecule has 29 heavy (non-hydrogen) atoms. The van der Waals surface area contributed by atoms with Crippen molar-refractivity contribution in [2.75, 3.05) is 18.4 Å². The van der Waals surface area contributed by atoms with Crippen molar-refractivity contribution in [3.8, 4) is 11.4 Å². The lowest BCUT2D eigenvalue weighted by atomic mass is 10.1. The molecule has 1 heterocycles. The standard InChI is InChI=1S/C23H24N4O2/c1-4-27(5-2)23(29)20-15-21(24-19-13-9-12-18(14-19)16(3)28)26-22(25-20)17-10-7-6-8-11-17/h6-15H,4-5H2,1-3H3,(H,24,25,26). The Kier molecular flexibility index (Phi) is 6.34. The summed E-state index contributed by atoms with van der Waals surface area (Å²) in [5, 5.41) is 3.21. The van der Waals surface area contributed by atoms with Crippen LogP contribution in [0.4, 0.5) is 11.5 Å². The Morgan fingerprint density at radius 2 is 1.66 bits per heavy atom. The van der Waals surface area contributed by atoms with Crippen LogP contribution in [0.1, 0.15) is 41.6 Å². The quantitative estimate of drug-likeness (QED) is 0.600. The fourth-order valence-electron chi connectivity index (χ4n) is 2.97. The summed E-state index contributed by atoms with van der Waals surface area (Å²) in [5.41, 5.74) is 2.47. The highest BCUT2D eigenvalue weighted by Gasteiger charge is 2.17. The summed E-state index contributed by atoms with van der Waals surface area (Å²) in [7, 11) is 0. The van der Waals surface area contributed by atoms with Crippen molar-refractivity contribution < 1.29 is 9.59 Å². The van der Waals surface area contributed by atoms with Crippen LogP contribution in [-0.2, 0) is 0 Å². The first-order chi connectivity index (χ1) is 14.0. The molecule has 1 aromatic heterocycles. The van der Waals surface area contributed by atoms with Gasteiger partial charge in [-0.05, 0) is 32.9 Å². The van der Waals surface area contributed by atoms with Crippen molar-refractivity contribution in [3.05, 3.63) is 71.9 Å². The number of nitrogens with one attached hydrogen (secondary N) is 1. The zero-order chi connectivity index (χ0) is 20.8. The summed E-state index contributed by atoms with van der Waals surface area (Å²) < 4.78 is 0. The molecule has 1 amide bonds. The Morgan fingerprint density at radius 3 is 2.31 bits per heavy atom. The molecule has 0 atom stereocenters. The normalized spacial score (nSPS) is 10.4. The first kappa shape index (κ1) is 20.2. The molecule has 0 aliphatic rings. The van der Waals surface area contributed by atoms with Crippen LogP contribution in [0.5, 0.6) is 0 Å². The summed E-state index contributed by atoms with van der Waals surface area (Å²) in [6.07, 6.45) is 0. The SMILES string of the molecule is CCN(CC)C(=O)c1cc(Nc2cccc(C(C)=O)c2)nc(-c2ccccc2)n1. The van der Waals surface area contributed by atoms with E-state index in [2.05, 4.69) is 15.3 Å². The van der Waals surface area contributed by atoms with Crippen LogP contribution in [0.2, 0.25) is 0 Å². The molecule has 1 N–H and O–H groups in total. The summed E-state index contributed by atoms with van der Waals surface area (Å²) >= 11 is 0. The molecule has 0 radical (unpaired) electrons. The zero-order valence-electron chi connectivity index (χ0n) is 16.8. The Labute approximate surface area is 170 Å². The predicted molar refractivity (Wildman–Crippen MR) is 114 cm³/mol. The molecule has 6 heteroatoms. The van der Waals surface area contributed by atoms with E-state index in [1.165, 1.54) is 6.92 Å². The molecule has 0 spiro atoms. The van der Waals surface area contributed by atoms with Gasteiger partial charge in [0, 0.05) is 36.0 Å². The number of nitrogens with zero attached hydrogens (tertiary/aromatic N) is 3. The highest BCUT2D eigenvalue weighted by Crippen LogP contribution is 2.22. The monoisotopic (exact) mass is 388 g/mol. The minimum Gasteiger partial charge on any atom is -0.340 e. The predicted octanol–water partition coefficient (Wildman–Crippen LogP) is 4.57. The van der Waals surface area contributed by atoms with Crippen molar-refractivity contribution in [3.63, 3.8) is 0 Å². The summed E-state index contributed by atoms with van der Waals surface area (Å²) in [6.45, 7) is 6.60. The van der Waals surface area contributed by atoms with Gasteiger partial charge in [0.25, 0.3) is 5.91 Å². The van der Waals surface area contributed by atoms with E-state index in [1.54, 1.807) is 29.2 Å². The molecule has 0 saturated heterocycles. The molecule has 3 aromatic rings. The van der Waals surface area contributed by atoms with Crippen LogP contribution in [0.15, 0.2) is 60.7 Å². The molecule has 0 unspecified atom stereocenters. The van der Waals surface area contributed by atoms with Gasteiger partial charge in [-0.3, -0.25) is 9.59 Å². The van der Waals surface area contributed by atoms with E-state index in [-0.39, 0.29) is 11.7 Å². The number of anilines is 2. The lowest BCUT2D eigenvalue weighted by Crippen LogP contribution is -2.31. The first-order valence-corrected chi connectivity index (χ1v) is 9.63. The minimum absolute atomic E-state index is 0.0151. The average molecular weight is 388 g/mol. The van der Waals surface area contributed by atoms with Crippen LogP contribution >= 0.6 is 0 Å².